The highest BCUT2D eigenvalue weighted by Crippen LogP contribution is 2.27. The number of hydrogen-bond acceptors (Lipinski definition) is 1. The summed E-state index contributed by atoms with van der Waals surface area (Å²) in [5.41, 5.74) is 0. The smallest absolute Gasteiger partial charge is 0.0265 e. The second-order valence-corrected chi connectivity index (χ2v) is 5.72. The molecule has 1 saturated heterocycles. The van der Waals surface area contributed by atoms with Gasteiger partial charge in [-0.1, -0.05) is 13.8 Å². The van der Waals surface area contributed by atoms with Gasteiger partial charge in [0.1, 0.15) is 0 Å². The van der Waals surface area contributed by atoms with Crippen molar-refractivity contribution in [2.45, 2.75) is 26.7 Å². The van der Waals surface area contributed by atoms with Crippen LogP contribution in [0.15, 0.2) is 0 Å². The van der Waals surface area contributed by atoms with Gasteiger partial charge in [0.05, 0.1) is 0 Å². The number of piperidine rings is 1. The molecular weight excluding hydrogens is 229 g/mol. The molecule has 1 aliphatic heterocycles. The van der Waals surface area contributed by atoms with Gasteiger partial charge < -0.3 is 4.90 Å². The molecule has 90 valence electrons. The van der Waals surface area contributed by atoms with Gasteiger partial charge in [-0.25, -0.2) is 0 Å². The lowest BCUT2D eigenvalue weighted by atomic mass is 9.86. The summed E-state index contributed by atoms with van der Waals surface area (Å²) in [5.74, 6) is 3.49. The van der Waals surface area contributed by atoms with Crippen molar-refractivity contribution in [3.63, 3.8) is 0 Å². The van der Waals surface area contributed by atoms with Crippen molar-refractivity contribution < 1.29 is 0 Å². The van der Waals surface area contributed by atoms with Crippen LogP contribution in [0.3, 0.4) is 0 Å². The Balaban J connectivity index is 2.28. The Morgan fingerprint density at radius 2 is 1.67 bits per heavy atom. The zero-order chi connectivity index (χ0) is 11.3. The van der Waals surface area contributed by atoms with Gasteiger partial charge in [-0.3, -0.25) is 0 Å². The Morgan fingerprint density at radius 1 is 1.13 bits per heavy atom. The first-order chi connectivity index (χ1) is 7.17. The van der Waals surface area contributed by atoms with E-state index in [1.165, 1.54) is 32.5 Å². The number of likely N-dealkylation sites (tertiary alicyclic amines) is 1. The monoisotopic (exact) mass is 251 g/mol. The number of rotatable bonds is 5. The molecule has 1 heterocycles. The lowest BCUT2D eigenvalue weighted by Gasteiger charge is -2.35. The molecule has 1 fully saturated rings. The van der Waals surface area contributed by atoms with Gasteiger partial charge in [-0.2, -0.15) is 0 Å². The minimum atomic E-state index is 0.523. The summed E-state index contributed by atoms with van der Waals surface area (Å²) in [7, 11) is 0. The van der Waals surface area contributed by atoms with Crippen LogP contribution in [0.25, 0.3) is 0 Å². The number of halogens is 2. The maximum Gasteiger partial charge on any atom is 0.0265 e. The van der Waals surface area contributed by atoms with Crippen molar-refractivity contribution in [1.82, 2.24) is 4.90 Å². The van der Waals surface area contributed by atoms with Crippen molar-refractivity contribution >= 4 is 23.2 Å². The molecular formula is C12H23Cl2N. The second kappa shape index (κ2) is 6.98. The number of alkyl halides is 2. The van der Waals surface area contributed by atoms with Crippen molar-refractivity contribution in [3.05, 3.63) is 0 Å². The SMILES string of the molecule is CC(C)CN1CCC(C(CCl)CCl)CC1. The normalized spacial score (nSPS) is 20.4. The van der Waals surface area contributed by atoms with Gasteiger partial charge >= 0.3 is 0 Å². The van der Waals surface area contributed by atoms with E-state index in [2.05, 4.69) is 18.7 Å². The van der Waals surface area contributed by atoms with E-state index in [0.717, 1.165) is 23.6 Å². The van der Waals surface area contributed by atoms with Crippen molar-refractivity contribution in [2.24, 2.45) is 17.8 Å². The third-order valence-corrected chi connectivity index (χ3v) is 4.11. The first-order valence-electron chi connectivity index (χ1n) is 6.01. The van der Waals surface area contributed by atoms with Gasteiger partial charge in [0.25, 0.3) is 0 Å². The molecule has 15 heavy (non-hydrogen) atoms. The molecule has 0 bridgehead atoms. The standard InChI is InChI=1S/C12H23Cl2N/c1-10(2)9-15-5-3-11(4-6-15)12(7-13)8-14/h10-12H,3-9H2,1-2H3. The van der Waals surface area contributed by atoms with Crippen LogP contribution in [-0.4, -0.2) is 36.3 Å². The van der Waals surface area contributed by atoms with Crippen LogP contribution in [0.1, 0.15) is 26.7 Å². The van der Waals surface area contributed by atoms with Gasteiger partial charge in [0.15, 0.2) is 0 Å². The van der Waals surface area contributed by atoms with E-state index in [9.17, 15) is 0 Å². The predicted molar refractivity (Wildman–Crippen MR) is 68.9 cm³/mol. The van der Waals surface area contributed by atoms with E-state index in [0.29, 0.717) is 5.92 Å². The largest absolute Gasteiger partial charge is 0.303 e. The molecule has 1 aliphatic rings. The Morgan fingerprint density at radius 3 is 2.07 bits per heavy atom. The maximum absolute atomic E-state index is 5.92. The maximum atomic E-state index is 5.92. The van der Waals surface area contributed by atoms with Crippen LogP contribution in [0.4, 0.5) is 0 Å². The topological polar surface area (TPSA) is 3.24 Å². The van der Waals surface area contributed by atoms with Crippen molar-refractivity contribution in [2.75, 3.05) is 31.4 Å². The Hall–Kier alpha value is 0.540. The van der Waals surface area contributed by atoms with Gasteiger partial charge in [-0.15, -0.1) is 23.2 Å². The zero-order valence-electron chi connectivity index (χ0n) is 9.88. The summed E-state index contributed by atoms with van der Waals surface area (Å²) >= 11 is 11.8. The van der Waals surface area contributed by atoms with Crippen LogP contribution in [-0.2, 0) is 0 Å². The number of nitrogens with zero attached hydrogens (tertiary/aromatic N) is 1. The van der Waals surface area contributed by atoms with Crippen LogP contribution in [0.2, 0.25) is 0 Å². The first-order valence-corrected chi connectivity index (χ1v) is 7.08. The molecule has 0 aromatic rings. The third-order valence-electron chi connectivity index (χ3n) is 3.32. The highest BCUT2D eigenvalue weighted by molar-refractivity contribution is 6.20. The molecule has 1 nitrogen and oxygen atoms in total. The molecule has 0 aromatic heterocycles. The molecule has 0 atom stereocenters. The molecule has 1 rings (SSSR count). The number of hydrogen-bond donors (Lipinski definition) is 0. The average Bonchev–Trinajstić information content (AvgIpc) is 2.21. The molecule has 3 heteroatoms. The van der Waals surface area contributed by atoms with Crippen LogP contribution >= 0.6 is 23.2 Å². The minimum Gasteiger partial charge on any atom is -0.303 e. The fraction of sp³-hybridized carbons (Fsp3) is 1.00. The summed E-state index contributed by atoms with van der Waals surface area (Å²) < 4.78 is 0. The van der Waals surface area contributed by atoms with Crippen LogP contribution in [0, 0.1) is 17.8 Å². The fourth-order valence-electron chi connectivity index (χ4n) is 2.42. The summed E-state index contributed by atoms with van der Waals surface area (Å²) in [6.45, 7) is 8.26. The van der Waals surface area contributed by atoms with E-state index in [1.807, 2.05) is 0 Å². The van der Waals surface area contributed by atoms with Crippen molar-refractivity contribution in [1.29, 1.82) is 0 Å². The highest BCUT2D eigenvalue weighted by Gasteiger charge is 2.25. The van der Waals surface area contributed by atoms with Crippen LogP contribution in [0.5, 0.6) is 0 Å². The van der Waals surface area contributed by atoms with Crippen molar-refractivity contribution in [3.8, 4) is 0 Å². The van der Waals surface area contributed by atoms with E-state index >= 15 is 0 Å². The second-order valence-electron chi connectivity index (χ2n) is 5.10. The van der Waals surface area contributed by atoms with Gasteiger partial charge in [0, 0.05) is 18.3 Å². The molecule has 0 amide bonds. The van der Waals surface area contributed by atoms with Gasteiger partial charge in [-0.05, 0) is 43.7 Å². The van der Waals surface area contributed by atoms with E-state index < -0.39 is 0 Å². The molecule has 0 N–H and O–H groups in total. The van der Waals surface area contributed by atoms with E-state index in [-0.39, 0.29) is 0 Å². The summed E-state index contributed by atoms with van der Waals surface area (Å²) in [6, 6.07) is 0. The quantitative estimate of drug-likeness (QED) is 0.677. The molecule has 0 unspecified atom stereocenters. The average molecular weight is 252 g/mol. The summed E-state index contributed by atoms with van der Waals surface area (Å²) in [5, 5.41) is 0. The lowest BCUT2D eigenvalue weighted by Crippen LogP contribution is -2.38. The Kier molecular flexibility index (Phi) is 6.33. The first kappa shape index (κ1) is 13.6. The molecule has 0 spiro atoms. The predicted octanol–water partition coefficient (Wildman–Crippen LogP) is 3.45. The lowest BCUT2D eigenvalue weighted by molar-refractivity contribution is 0.147. The molecule has 0 aliphatic carbocycles. The minimum absolute atomic E-state index is 0.523. The summed E-state index contributed by atoms with van der Waals surface area (Å²) in [4.78, 5) is 2.57. The van der Waals surface area contributed by atoms with Gasteiger partial charge in [0.2, 0.25) is 0 Å². The molecule has 0 saturated carbocycles. The fourth-order valence-corrected chi connectivity index (χ4v) is 3.25. The zero-order valence-corrected chi connectivity index (χ0v) is 11.4. The van der Waals surface area contributed by atoms with Crippen LogP contribution < -0.4 is 0 Å². The Labute approximate surface area is 104 Å². The highest BCUT2D eigenvalue weighted by atomic mass is 35.5. The van der Waals surface area contributed by atoms with E-state index in [1.54, 1.807) is 0 Å². The molecule has 0 radical (unpaired) electrons. The Bertz CT molecular complexity index is 161. The third kappa shape index (κ3) is 4.50. The molecule has 0 aromatic carbocycles. The van der Waals surface area contributed by atoms with E-state index in [4.69, 9.17) is 23.2 Å². The summed E-state index contributed by atoms with van der Waals surface area (Å²) in [6.07, 6.45) is 2.55.